The summed E-state index contributed by atoms with van der Waals surface area (Å²) in [6.07, 6.45) is 0. The van der Waals surface area contributed by atoms with Crippen molar-refractivity contribution in [2.75, 3.05) is 5.32 Å². The Kier molecular flexibility index (Phi) is 4.54. The first kappa shape index (κ1) is 15.4. The first-order chi connectivity index (χ1) is 9.90. The Morgan fingerprint density at radius 3 is 2.67 bits per heavy atom. The van der Waals surface area contributed by atoms with Gasteiger partial charge in [-0.05, 0) is 34.1 Å². The van der Waals surface area contributed by atoms with Crippen molar-refractivity contribution in [2.45, 2.75) is 0 Å². The van der Waals surface area contributed by atoms with Gasteiger partial charge in [0.15, 0.2) is 0 Å². The average Bonchev–Trinajstić information content (AvgIpc) is 2.43. The molecular weight excluding hydrogens is 367 g/mol. The predicted molar refractivity (Wildman–Crippen MR) is 80.2 cm³/mol. The summed E-state index contributed by atoms with van der Waals surface area (Å²) in [5.41, 5.74) is -0.211. The number of hydrogen-bond acceptors (Lipinski definition) is 3. The maximum atomic E-state index is 13.8. The fraction of sp³-hybridized carbons (Fsp3) is 0. The zero-order valence-corrected chi connectivity index (χ0v) is 12.6. The van der Waals surface area contributed by atoms with E-state index in [4.69, 9.17) is 11.6 Å². The number of nitro benzene ring substituents is 1. The summed E-state index contributed by atoms with van der Waals surface area (Å²) in [5.74, 6) is -1.41. The molecule has 1 amide bonds. The van der Waals surface area contributed by atoms with Gasteiger partial charge in [-0.1, -0.05) is 17.7 Å². The zero-order chi connectivity index (χ0) is 15.6. The maximum Gasteiger partial charge on any atom is 0.271 e. The van der Waals surface area contributed by atoms with Crippen molar-refractivity contribution in [2.24, 2.45) is 0 Å². The first-order valence-corrected chi connectivity index (χ1v) is 6.76. The monoisotopic (exact) mass is 372 g/mol. The number of carbonyl (C=O) groups excluding carboxylic acids is 1. The highest BCUT2D eigenvalue weighted by molar-refractivity contribution is 9.10. The summed E-state index contributed by atoms with van der Waals surface area (Å²) in [6, 6.07) is 7.88. The molecule has 0 fully saturated rings. The smallest absolute Gasteiger partial charge is 0.271 e. The van der Waals surface area contributed by atoms with Gasteiger partial charge in [0, 0.05) is 12.1 Å². The molecule has 0 radical (unpaired) electrons. The lowest BCUT2D eigenvalue weighted by Crippen LogP contribution is -2.14. The van der Waals surface area contributed by atoms with Crippen LogP contribution in [0.1, 0.15) is 10.4 Å². The Labute approximate surface area is 132 Å². The van der Waals surface area contributed by atoms with Crippen molar-refractivity contribution in [1.82, 2.24) is 0 Å². The number of hydrogen-bond donors (Lipinski definition) is 1. The van der Waals surface area contributed by atoms with E-state index < -0.39 is 16.6 Å². The predicted octanol–water partition coefficient (Wildman–Crippen LogP) is 4.40. The molecule has 1 N–H and O–H groups in total. The van der Waals surface area contributed by atoms with Gasteiger partial charge in [0.05, 0.1) is 25.7 Å². The molecule has 0 aromatic heterocycles. The second-order valence-corrected chi connectivity index (χ2v) is 5.24. The van der Waals surface area contributed by atoms with Crippen molar-refractivity contribution in [3.63, 3.8) is 0 Å². The molecule has 108 valence electrons. The minimum absolute atomic E-state index is 0.00652. The molecule has 0 unspecified atom stereocenters. The molecule has 5 nitrogen and oxygen atoms in total. The van der Waals surface area contributed by atoms with Gasteiger partial charge >= 0.3 is 0 Å². The third-order valence-corrected chi connectivity index (χ3v) is 3.53. The van der Waals surface area contributed by atoms with E-state index in [1.165, 1.54) is 30.3 Å². The van der Waals surface area contributed by atoms with E-state index in [1.807, 2.05) is 0 Å². The quantitative estimate of drug-likeness (QED) is 0.640. The van der Waals surface area contributed by atoms with Gasteiger partial charge in [0.25, 0.3) is 11.6 Å². The van der Waals surface area contributed by atoms with Gasteiger partial charge in [0.1, 0.15) is 5.82 Å². The SMILES string of the molecule is O=C(Nc1ccc([N+](=O)[O-])cc1Cl)c1cccc(Br)c1F. The zero-order valence-electron chi connectivity index (χ0n) is 10.3. The molecule has 2 aromatic carbocycles. The van der Waals surface area contributed by atoms with Gasteiger partial charge in [0.2, 0.25) is 0 Å². The van der Waals surface area contributed by atoms with E-state index >= 15 is 0 Å². The maximum absolute atomic E-state index is 13.8. The molecule has 0 saturated heterocycles. The van der Waals surface area contributed by atoms with Crippen molar-refractivity contribution in [3.05, 3.63) is 67.4 Å². The highest BCUT2D eigenvalue weighted by Gasteiger charge is 2.16. The third-order valence-electron chi connectivity index (χ3n) is 2.61. The lowest BCUT2D eigenvalue weighted by atomic mass is 10.2. The topological polar surface area (TPSA) is 72.2 Å². The molecule has 8 heteroatoms. The van der Waals surface area contributed by atoms with Crippen LogP contribution in [-0.2, 0) is 0 Å². The van der Waals surface area contributed by atoms with Crippen LogP contribution in [0.3, 0.4) is 0 Å². The van der Waals surface area contributed by atoms with E-state index in [0.717, 1.165) is 6.07 Å². The largest absolute Gasteiger partial charge is 0.321 e. The summed E-state index contributed by atoms with van der Waals surface area (Å²) < 4.78 is 14.0. The number of amides is 1. The molecule has 2 rings (SSSR count). The van der Waals surface area contributed by atoms with Gasteiger partial charge < -0.3 is 5.32 Å². The van der Waals surface area contributed by atoms with Crippen LogP contribution >= 0.6 is 27.5 Å². The number of non-ortho nitro benzene ring substituents is 1. The number of rotatable bonds is 3. The van der Waals surface area contributed by atoms with Gasteiger partial charge in [-0.25, -0.2) is 4.39 Å². The summed E-state index contributed by atoms with van der Waals surface area (Å²) in [7, 11) is 0. The third kappa shape index (κ3) is 3.37. The first-order valence-electron chi connectivity index (χ1n) is 5.59. The summed E-state index contributed by atoms with van der Waals surface area (Å²) in [4.78, 5) is 22.0. The molecule has 0 heterocycles. The average molecular weight is 374 g/mol. The molecule has 2 aromatic rings. The van der Waals surface area contributed by atoms with Crippen molar-refractivity contribution < 1.29 is 14.1 Å². The normalized spacial score (nSPS) is 10.2. The fourth-order valence-electron chi connectivity index (χ4n) is 1.59. The Bertz CT molecular complexity index is 739. The molecule has 21 heavy (non-hydrogen) atoms. The van der Waals surface area contributed by atoms with Crippen LogP contribution in [0.15, 0.2) is 40.9 Å². The molecule has 0 saturated carbocycles. The summed E-state index contributed by atoms with van der Waals surface area (Å²) in [6.45, 7) is 0. The van der Waals surface area contributed by atoms with Crippen LogP contribution in [-0.4, -0.2) is 10.8 Å². The van der Waals surface area contributed by atoms with Crippen LogP contribution in [0.2, 0.25) is 5.02 Å². The molecular formula is C13H7BrClFN2O3. The molecule has 0 aliphatic carbocycles. The number of nitro groups is 1. The van der Waals surface area contributed by atoms with Gasteiger partial charge in [-0.15, -0.1) is 0 Å². The van der Waals surface area contributed by atoms with E-state index in [0.29, 0.717) is 0 Å². The highest BCUT2D eigenvalue weighted by atomic mass is 79.9. The van der Waals surface area contributed by atoms with Crippen molar-refractivity contribution in [3.8, 4) is 0 Å². The van der Waals surface area contributed by atoms with Crippen LogP contribution in [0.5, 0.6) is 0 Å². The highest BCUT2D eigenvalue weighted by Crippen LogP contribution is 2.27. The molecule has 0 bridgehead atoms. The fourth-order valence-corrected chi connectivity index (χ4v) is 2.18. The standard InChI is InChI=1S/C13H7BrClFN2O3/c14-9-3-1-2-8(12(9)16)13(19)17-11-5-4-7(18(20)21)6-10(11)15/h1-6H,(H,17,19). The summed E-state index contributed by atoms with van der Waals surface area (Å²) >= 11 is 8.84. The minimum atomic E-state index is -0.704. The summed E-state index contributed by atoms with van der Waals surface area (Å²) in [5, 5.41) is 13.0. The minimum Gasteiger partial charge on any atom is -0.321 e. The van der Waals surface area contributed by atoms with E-state index in [-0.39, 0.29) is 26.4 Å². The van der Waals surface area contributed by atoms with Crippen LogP contribution in [0, 0.1) is 15.9 Å². The van der Waals surface area contributed by atoms with Crippen molar-refractivity contribution >= 4 is 44.8 Å². The number of carbonyl (C=O) groups is 1. The van der Waals surface area contributed by atoms with Crippen LogP contribution < -0.4 is 5.32 Å². The van der Waals surface area contributed by atoms with E-state index in [9.17, 15) is 19.3 Å². The lowest BCUT2D eigenvalue weighted by Gasteiger charge is -2.08. The van der Waals surface area contributed by atoms with Crippen molar-refractivity contribution in [1.29, 1.82) is 0 Å². The molecule has 0 aliphatic heterocycles. The molecule has 0 aliphatic rings. The number of nitrogens with one attached hydrogen (secondary N) is 1. The Balaban J connectivity index is 2.28. The molecule has 0 atom stereocenters. The Morgan fingerprint density at radius 1 is 1.33 bits per heavy atom. The number of anilines is 1. The van der Waals surface area contributed by atoms with Crippen LogP contribution in [0.4, 0.5) is 15.8 Å². The lowest BCUT2D eigenvalue weighted by molar-refractivity contribution is -0.384. The number of halogens is 3. The van der Waals surface area contributed by atoms with E-state index in [2.05, 4.69) is 21.2 Å². The van der Waals surface area contributed by atoms with Crippen LogP contribution in [0.25, 0.3) is 0 Å². The number of nitrogens with zero attached hydrogens (tertiary/aromatic N) is 1. The second-order valence-electron chi connectivity index (χ2n) is 3.98. The Morgan fingerprint density at radius 2 is 2.05 bits per heavy atom. The Hall–Kier alpha value is -1.99. The number of benzene rings is 2. The second kappa shape index (κ2) is 6.19. The van der Waals surface area contributed by atoms with E-state index in [1.54, 1.807) is 0 Å². The van der Waals surface area contributed by atoms with Gasteiger partial charge in [-0.3, -0.25) is 14.9 Å². The molecule has 0 spiro atoms. The van der Waals surface area contributed by atoms with Gasteiger partial charge in [-0.2, -0.15) is 0 Å².